The first kappa shape index (κ1) is 8.93. The van der Waals surface area contributed by atoms with E-state index in [2.05, 4.69) is 0 Å². The molecule has 1 fully saturated rings. The number of hydrogen-bond acceptors (Lipinski definition) is 4. The summed E-state index contributed by atoms with van der Waals surface area (Å²) in [7, 11) is 0. The van der Waals surface area contributed by atoms with Crippen molar-refractivity contribution in [1.82, 2.24) is 0 Å². The van der Waals surface area contributed by atoms with Crippen molar-refractivity contribution in [2.75, 3.05) is 6.61 Å². The molecule has 1 aliphatic heterocycles. The molecule has 66 valence electrons. The van der Waals surface area contributed by atoms with Crippen LogP contribution in [0.1, 0.15) is 13.3 Å². The van der Waals surface area contributed by atoms with Crippen molar-refractivity contribution >= 4 is 0 Å². The van der Waals surface area contributed by atoms with Gasteiger partial charge >= 0.3 is 0 Å². The lowest BCUT2D eigenvalue weighted by atomic mass is 9.94. The van der Waals surface area contributed by atoms with Gasteiger partial charge in [0.25, 0.3) is 0 Å². The molecule has 1 heterocycles. The summed E-state index contributed by atoms with van der Waals surface area (Å²) in [6.45, 7) is 1.72. The van der Waals surface area contributed by atoms with Crippen molar-refractivity contribution in [2.45, 2.75) is 31.8 Å². The van der Waals surface area contributed by atoms with Gasteiger partial charge in [-0.25, -0.2) is 0 Å². The fourth-order valence-electron chi connectivity index (χ4n) is 1.29. The van der Waals surface area contributed by atoms with Gasteiger partial charge in [-0.15, -0.1) is 0 Å². The van der Waals surface area contributed by atoms with Crippen LogP contribution in [0.5, 0.6) is 0 Å². The monoisotopic (exact) mass is 162 g/mol. The van der Waals surface area contributed by atoms with Crippen LogP contribution < -0.4 is 0 Å². The summed E-state index contributed by atoms with van der Waals surface area (Å²) in [5.74, 6) is -0.0177. The third-order valence-electron chi connectivity index (χ3n) is 2.05. The number of aliphatic hydroxyl groups excluding tert-OH is 3. The minimum atomic E-state index is -1.14. The van der Waals surface area contributed by atoms with Crippen LogP contribution >= 0.6 is 0 Å². The molecule has 4 atom stereocenters. The second-order valence-corrected chi connectivity index (χ2v) is 3.03. The molecular weight excluding hydrogens is 148 g/mol. The van der Waals surface area contributed by atoms with E-state index >= 15 is 0 Å². The van der Waals surface area contributed by atoms with Gasteiger partial charge in [-0.2, -0.15) is 0 Å². The fraction of sp³-hybridized carbons (Fsp3) is 1.00. The third-order valence-corrected chi connectivity index (χ3v) is 2.05. The van der Waals surface area contributed by atoms with E-state index in [0.29, 0.717) is 6.42 Å². The molecular formula is C7H14O4. The molecule has 1 rings (SSSR count). The zero-order valence-electron chi connectivity index (χ0n) is 6.47. The molecule has 0 spiro atoms. The zero-order chi connectivity index (χ0) is 8.43. The minimum Gasteiger partial charge on any atom is -0.394 e. The number of ether oxygens (including phenoxy) is 1. The topological polar surface area (TPSA) is 69.9 Å². The molecule has 0 aliphatic carbocycles. The van der Waals surface area contributed by atoms with Crippen LogP contribution in [0.2, 0.25) is 0 Å². The Kier molecular flexibility index (Phi) is 2.84. The summed E-state index contributed by atoms with van der Waals surface area (Å²) >= 11 is 0. The summed E-state index contributed by atoms with van der Waals surface area (Å²) in [4.78, 5) is 0. The molecule has 0 radical (unpaired) electrons. The first-order valence-electron chi connectivity index (χ1n) is 3.77. The van der Waals surface area contributed by atoms with Gasteiger partial charge in [0.05, 0.1) is 12.7 Å². The van der Waals surface area contributed by atoms with Crippen LogP contribution in [0, 0.1) is 5.92 Å². The van der Waals surface area contributed by atoms with Crippen molar-refractivity contribution in [3.8, 4) is 0 Å². The maximum atomic E-state index is 9.20. The van der Waals surface area contributed by atoms with Gasteiger partial charge in [0.15, 0.2) is 6.29 Å². The van der Waals surface area contributed by atoms with E-state index in [-0.39, 0.29) is 18.6 Å². The van der Waals surface area contributed by atoms with E-state index in [4.69, 9.17) is 14.9 Å². The molecule has 4 nitrogen and oxygen atoms in total. The van der Waals surface area contributed by atoms with Gasteiger partial charge in [0.1, 0.15) is 6.10 Å². The average Bonchev–Trinajstić information content (AvgIpc) is 1.99. The molecule has 2 unspecified atom stereocenters. The third kappa shape index (κ3) is 1.90. The Morgan fingerprint density at radius 1 is 1.45 bits per heavy atom. The molecule has 1 saturated heterocycles. The van der Waals surface area contributed by atoms with Gasteiger partial charge in [0, 0.05) is 0 Å². The van der Waals surface area contributed by atoms with Crippen molar-refractivity contribution < 1.29 is 20.1 Å². The van der Waals surface area contributed by atoms with Crippen LogP contribution in [-0.2, 0) is 4.74 Å². The molecule has 0 aromatic rings. The zero-order valence-corrected chi connectivity index (χ0v) is 6.47. The van der Waals surface area contributed by atoms with Crippen LogP contribution in [0.25, 0.3) is 0 Å². The largest absolute Gasteiger partial charge is 0.394 e. The summed E-state index contributed by atoms with van der Waals surface area (Å²) in [5.41, 5.74) is 0. The highest BCUT2D eigenvalue weighted by molar-refractivity contribution is 4.77. The SMILES string of the molecule is C[C@H]1CC(CO)OC(O)[C@H]1O. The summed E-state index contributed by atoms with van der Waals surface area (Å²) in [6, 6.07) is 0. The molecule has 0 bridgehead atoms. The van der Waals surface area contributed by atoms with E-state index in [0.717, 1.165) is 0 Å². The number of aliphatic hydroxyl groups is 3. The van der Waals surface area contributed by atoms with Crippen molar-refractivity contribution in [3.63, 3.8) is 0 Å². The van der Waals surface area contributed by atoms with E-state index in [1.165, 1.54) is 0 Å². The normalized spacial score (nSPS) is 45.8. The lowest BCUT2D eigenvalue weighted by Gasteiger charge is -2.34. The second kappa shape index (κ2) is 3.49. The molecule has 11 heavy (non-hydrogen) atoms. The minimum absolute atomic E-state index is 0.0177. The van der Waals surface area contributed by atoms with Gasteiger partial charge in [-0.05, 0) is 12.3 Å². The Morgan fingerprint density at radius 2 is 2.09 bits per heavy atom. The van der Waals surface area contributed by atoms with Gasteiger partial charge in [-0.3, -0.25) is 0 Å². The Morgan fingerprint density at radius 3 is 2.55 bits per heavy atom. The molecule has 0 aromatic carbocycles. The number of rotatable bonds is 1. The lowest BCUT2D eigenvalue weighted by Crippen LogP contribution is -2.45. The summed E-state index contributed by atoms with van der Waals surface area (Å²) in [5, 5.41) is 27.0. The van der Waals surface area contributed by atoms with E-state index in [1.54, 1.807) is 0 Å². The highest BCUT2D eigenvalue weighted by Crippen LogP contribution is 2.23. The maximum absolute atomic E-state index is 9.20. The van der Waals surface area contributed by atoms with E-state index in [9.17, 15) is 5.11 Å². The first-order valence-corrected chi connectivity index (χ1v) is 3.77. The highest BCUT2D eigenvalue weighted by Gasteiger charge is 2.33. The predicted octanol–water partition coefficient (Wildman–Crippen LogP) is -0.917. The number of hydrogen-bond donors (Lipinski definition) is 3. The molecule has 0 saturated carbocycles. The molecule has 0 aromatic heterocycles. The van der Waals surface area contributed by atoms with Gasteiger partial charge < -0.3 is 20.1 Å². The van der Waals surface area contributed by atoms with E-state index < -0.39 is 12.4 Å². The molecule has 3 N–H and O–H groups in total. The summed E-state index contributed by atoms with van der Waals surface area (Å²) in [6.07, 6.45) is -1.70. The Labute approximate surface area is 65.4 Å². The first-order chi connectivity index (χ1) is 5.15. The van der Waals surface area contributed by atoms with Crippen LogP contribution in [-0.4, -0.2) is 40.4 Å². The second-order valence-electron chi connectivity index (χ2n) is 3.03. The maximum Gasteiger partial charge on any atom is 0.181 e. The molecule has 0 amide bonds. The van der Waals surface area contributed by atoms with Crippen molar-refractivity contribution in [3.05, 3.63) is 0 Å². The molecule has 1 aliphatic rings. The Bertz CT molecular complexity index is 116. The lowest BCUT2D eigenvalue weighted by molar-refractivity contribution is -0.237. The van der Waals surface area contributed by atoms with Crippen LogP contribution in [0.3, 0.4) is 0 Å². The predicted molar refractivity (Wildman–Crippen MR) is 37.8 cm³/mol. The summed E-state index contributed by atoms with van der Waals surface area (Å²) < 4.78 is 4.87. The van der Waals surface area contributed by atoms with Crippen molar-refractivity contribution in [2.24, 2.45) is 5.92 Å². The van der Waals surface area contributed by atoms with Crippen LogP contribution in [0.4, 0.5) is 0 Å². The smallest absolute Gasteiger partial charge is 0.181 e. The van der Waals surface area contributed by atoms with Gasteiger partial charge in [-0.1, -0.05) is 6.92 Å². The van der Waals surface area contributed by atoms with Crippen LogP contribution in [0.15, 0.2) is 0 Å². The van der Waals surface area contributed by atoms with Crippen molar-refractivity contribution in [1.29, 1.82) is 0 Å². The van der Waals surface area contributed by atoms with Gasteiger partial charge in [0.2, 0.25) is 0 Å². The standard InChI is InChI=1S/C7H14O4/c1-4-2-5(3-8)11-7(10)6(4)9/h4-10H,2-3H2,1H3/t4-,5?,6-,7?/m0/s1. The van der Waals surface area contributed by atoms with E-state index in [1.807, 2.05) is 6.92 Å². The molecule has 4 heteroatoms. The highest BCUT2D eigenvalue weighted by atomic mass is 16.6. The quantitative estimate of drug-likeness (QED) is 0.466. The average molecular weight is 162 g/mol. The Balaban J connectivity index is 2.47. The Hall–Kier alpha value is -0.160. The fourth-order valence-corrected chi connectivity index (χ4v) is 1.29.